The van der Waals surface area contributed by atoms with Crippen LogP contribution >= 0.6 is 0 Å². The molecule has 0 aromatic heterocycles. The first-order valence-electron chi connectivity index (χ1n) is 7.22. The molecule has 20 heavy (non-hydrogen) atoms. The lowest BCUT2D eigenvalue weighted by Gasteiger charge is -2.28. The van der Waals surface area contributed by atoms with E-state index in [0.717, 1.165) is 19.3 Å². The summed E-state index contributed by atoms with van der Waals surface area (Å²) in [4.78, 5) is 22.7. The second-order valence-corrected chi connectivity index (χ2v) is 6.37. The number of amides is 2. The highest BCUT2D eigenvalue weighted by molar-refractivity contribution is 5.74. The molecule has 0 atom stereocenters. The van der Waals surface area contributed by atoms with E-state index in [2.05, 4.69) is 31.1 Å². The summed E-state index contributed by atoms with van der Waals surface area (Å²) in [5.74, 6) is -0.971. The maximum atomic E-state index is 11.8. The Morgan fingerprint density at radius 1 is 1.30 bits per heavy atom. The van der Waals surface area contributed by atoms with Crippen LogP contribution < -0.4 is 10.6 Å². The van der Waals surface area contributed by atoms with Gasteiger partial charge in [-0.2, -0.15) is 0 Å². The van der Waals surface area contributed by atoms with E-state index in [9.17, 15) is 9.59 Å². The van der Waals surface area contributed by atoms with Crippen molar-refractivity contribution in [3.05, 3.63) is 12.7 Å². The van der Waals surface area contributed by atoms with E-state index in [4.69, 9.17) is 5.11 Å². The third kappa shape index (κ3) is 5.63. The Labute approximate surface area is 120 Å². The van der Waals surface area contributed by atoms with Crippen LogP contribution in [0.1, 0.15) is 46.0 Å². The predicted molar refractivity (Wildman–Crippen MR) is 78.5 cm³/mol. The van der Waals surface area contributed by atoms with Gasteiger partial charge in [-0.3, -0.25) is 4.79 Å². The van der Waals surface area contributed by atoms with Crippen LogP contribution in [0.25, 0.3) is 0 Å². The van der Waals surface area contributed by atoms with Crippen LogP contribution in [0.15, 0.2) is 12.7 Å². The van der Waals surface area contributed by atoms with E-state index in [1.807, 2.05) is 6.08 Å². The van der Waals surface area contributed by atoms with Crippen LogP contribution in [0, 0.1) is 11.3 Å². The molecule has 0 aliphatic heterocycles. The predicted octanol–water partition coefficient (Wildman–Crippen LogP) is 2.53. The molecule has 2 amide bonds. The maximum absolute atomic E-state index is 11.8. The lowest BCUT2D eigenvalue weighted by molar-refractivity contribution is -0.142. The fourth-order valence-electron chi connectivity index (χ4n) is 2.50. The Hall–Kier alpha value is -1.52. The molecule has 0 heterocycles. The largest absolute Gasteiger partial charge is 0.481 e. The van der Waals surface area contributed by atoms with Crippen molar-refractivity contribution in [3.63, 3.8) is 0 Å². The molecule has 0 aromatic rings. The van der Waals surface area contributed by atoms with Gasteiger partial charge in [-0.1, -0.05) is 19.9 Å². The van der Waals surface area contributed by atoms with Gasteiger partial charge in [0.2, 0.25) is 0 Å². The van der Waals surface area contributed by atoms with Gasteiger partial charge in [0.15, 0.2) is 0 Å². The highest BCUT2D eigenvalue weighted by Crippen LogP contribution is 2.24. The van der Waals surface area contributed by atoms with Crippen LogP contribution in [0.2, 0.25) is 0 Å². The van der Waals surface area contributed by atoms with Crippen molar-refractivity contribution >= 4 is 12.0 Å². The second kappa shape index (κ2) is 7.31. The van der Waals surface area contributed by atoms with Crippen LogP contribution in [0.3, 0.4) is 0 Å². The summed E-state index contributed by atoms with van der Waals surface area (Å²) in [7, 11) is 0. The van der Waals surface area contributed by atoms with E-state index in [-0.39, 0.29) is 23.4 Å². The number of carboxylic acids is 1. The van der Waals surface area contributed by atoms with Gasteiger partial charge in [-0.25, -0.2) is 4.79 Å². The molecule has 1 fully saturated rings. The fourth-order valence-corrected chi connectivity index (χ4v) is 2.50. The molecule has 0 spiro atoms. The molecule has 1 aliphatic carbocycles. The normalized spacial score (nSPS) is 22.9. The highest BCUT2D eigenvalue weighted by atomic mass is 16.4. The molecule has 5 nitrogen and oxygen atoms in total. The summed E-state index contributed by atoms with van der Waals surface area (Å²) in [6, 6.07) is -0.0750. The Morgan fingerprint density at radius 3 is 2.40 bits per heavy atom. The van der Waals surface area contributed by atoms with Crippen molar-refractivity contribution in [1.82, 2.24) is 10.6 Å². The fraction of sp³-hybridized carbons (Fsp3) is 0.733. The molecular formula is C15H26N2O3. The summed E-state index contributed by atoms with van der Waals surface area (Å²) >= 11 is 0. The van der Waals surface area contributed by atoms with E-state index < -0.39 is 5.97 Å². The first kappa shape index (κ1) is 16.5. The Kier molecular flexibility index (Phi) is 6.05. The van der Waals surface area contributed by atoms with Gasteiger partial charge < -0.3 is 15.7 Å². The lowest BCUT2D eigenvalue weighted by Crippen LogP contribution is -2.46. The minimum absolute atomic E-state index is 0.0000574. The Bertz CT molecular complexity index is 358. The number of hydrogen-bond acceptors (Lipinski definition) is 2. The second-order valence-electron chi connectivity index (χ2n) is 6.37. The quantitative estimate of drug-likeness (QED) is 0.655. The van der Waals surface area contributed by atoms with Gasteiger partial charge in [0, 0.05) is 12.6 Å². The SMILES string of the molecule is C=CCC(C)(C)CNC(=O)NC1CCC(C(=O)O)CC1. The molecule has 1 rings (SSSR count). The molecule has 5 heteroatoms. The monoisotopic (exact) mass is 282 g/mol. The minimum Gasteiger partial charge on any atom is -0.481 e. The smallest absolute Gasteiger partial charge is 0.315 e. The third-order valence-electron chi connectivity index (χ3n) is 3.84. The van der Waals surface area contributed by atoms with Gasteiger partial charge in [-0.15, -0.1) is 6.58 Å². The number of allylic oxidation sites excluding steroid dienone is 1. The van der Waals surface area contributed by atoms with Crippen molar-refractivity contribution in [2.75, 3.05) is 6.54 Å². The zero-order valence-corrected chi connectivity index (χ0v) is 12.4. The first-order valence-corrected chi connectivity index (χ1v) is 7.22. The van der Waals surface area contributed by atoms with Crippen LogP contribution in [0.4, 0.5) is 4.79 Å². The van der Waals surface area contributed by atoms with Gasteiger partial charge in [0.25, 0.3) is 0 Å². The molecule has 1 aliphatic rings. The molecule has 114 valence electrons. The van der Waals surface area contributed by atoms with Crippen molar-refractivity contribution in [1.29, 1.82) is 0 Å². The standard InChI is InChI=1S/C15H26N2O3/c1-4-9-15(2,3)10-16-14(20)17-12-7-5-11(6-8-12)13(18)19/h4,11-12H,1,5-10H2,2-3H3,(H,18,19)(H2,16,17,20). The van der Waals surface area contributed by atoms with Crippen molar-refractivity contribution < 1.29 is 14.7 Å². The van der Waals surface area contributed by atoms with E-state index in [1.54, 1.807) is 0 Å². The summed E-state index contributed by atoms with van der Waals surface area (Å²) in [6.07, 6.45) is 5.45. The zero-order chi connectivity index (χ0) is 15.2. The van der Waals surface area contributed by atoms with E-state index in [0.29, 0.717) is 19.4 Å². The first-order chi connectivity index (χ1) is 9.34. The lowest BCUT2D eigenvalue weighted by atomic mass is 9.86. The van der Waals surface area contributed by atoms with Crippen LogP contribution in [0.5, 0.6) is 0 Å². The maximum Gasteiger partial charge on any atom is 0.315 e. The average molecular weight is 282 g/mol. The average Bonchev–Trinajstić information content (AvgIpc) is 2.37. The number of rotatable bonds is 6. The highest BCUT2D eigenvalue weighted by Gasteiger charge is 2.27. The molecule has 0 unspecified atom stereocenters. The summed E-state index contributed by atoms with van der Waals surface area (Å²) in [6.45, 7) is 8.46. The summed E-state index contributed by atoms with van der Waals surface area (Å²) in [5, 5.41) is 14.7. The number of urea groups is 1. The van der Waals surface area contributed by atoms with Crippen molar-refractivity contribution in [3.8, 4) is 0 Å². The number of nitrogens with one attached hydrogen (secondary N) is 2. The summed E-state index contributed by atoms with van der Waals surface area (Å²) in [5.41, 5.74) is 0.0000574. The van der Waals surface area contributed by atoms with Gasteiger partial charge in [0.05, 0.1) is 5.92 Å². The molecule has 0 saturated heterocycles. The Morgan fingerprint density at radius 2 is 1.90 bits per heavy atom. The third-order valence-corrected chi connectivity index (χ3v) is 3.84. The summed E-state index contributed by atoms with van der Waals surface area (Å²) < 4.78 is 0. The molecular weight excluding hydrogens is 256 g/mol. The number of carboxylic acid groups (broad SMARTS) is 1. The van der Waals surface area contributed by atoms with Gasteiger partial charge in [0.1, 0.15) is 0 Å². The van der Waals surface area contributed by atoms with Gasteiger partial charge >= 0.3 is 12.0 Å². The number of aliphatic carboxylic acids is 1. The van der Waals surface area contributed by atoms with Crippen molar-refractivity contribution in [2.45, 2.75) is 52.0 Å². The van der Waals surface area contributed by atoms with E-state index >= 15 is 0 Å². The van der Waals surface area contributed by atoms with Crippen LogP contribution in [-0.4, -0.2) is 29.7 Å². The molecule has 0 bridgehead atoms. The molecule has 0 aromatic carbocycles. The van der Waals surface area contributed by atoms with E-state index in [1.165, 1.54) is 0 Å². The zero-order valence-electron chi connectivity index (χ0n) is 12.4. The van der Waals surface area contributed by atoms with Gasteiger partial charge in [-0.05, 0) is 37.5 Å². The number of carbonyl (C=O) groups is 2. The molecule has 1 saturated carbocycles. The number of hydrogen-bond donors (Lipinski definition) is 3. The molecule has 3 N–H and O–H groups in total. The number of carbonyl (C=O) groups excluding carboxylic acids is 1. The Balaban J connectivity index is 2.27. The minimum atomic E-state index is -0.723. The van der Waals surface area contributed by atoms with Crippen molar-refractivity contribution in [2.24, 2.45) is 11.3 Å². The topological polar surface area (TPSA) is 78.4 Å². The molecule has 0 radical (unpaired) electrons. The van der Waals surface area contributed by atoms with Crippen LogP contribution in [-0.2, 0) is 4.79 Å².